The molecule has 0 saturated carbocycles. The largest absolute Gasteiger partial charge is 0.250 e. The Hall–Kier alpha value is -1.24. The summed E-state index contributed by atoms with van der Waals surface area (Å²) < 4.78 is 40.1. The molecule has 102 valence electrons. The summed E-state index contributed by atoms with van der Waals surface area (Å²) in [5.41, 5.74) is -0.106. The molecule has 2 rings (SSSR count). The summed E-state index contributed by atoms with van der Waals surface area (Å²) in [6.45, 7) is 3.48. The van der Waals surface area contributed by atoms with Crippen LogP contribution < -0.4 is 4.72 Å². The summed E-state index contributed by atoms with van der Waals surface area (Å²) in [6.07, 6.45) is 0. The van der Waals surface area contributed by atoms with Gasteiger partial charge in [-0.3, -0.25) is 0 Å². The van der Waals surface area contributed by atoms with E-state index in [0.717, 1.165) is 11.3 Å². The zero-order valence-corrected chi connectivity index (χ0v) is 12.2. The van der Waals surface area contributed by atoms with Crippen molar-refractivity contribution < 1.29 is 12.8 Å². The van der Waals surface area contributed by atoms with Gasteiger partial charge in [0.05, 0.1) is 5.54 Å². The molecule has 0 aliphatic heterocycles. The van der Waals surface area contributed by atoms with Gasteiger partial charge in [-0.15, -0.1) is 11.3 Å². The number of rotatable bonds is 4. The van der Waals surface area contributed by atoms with Gasteiger partial charge >= 0.3 is 0 Å². The summed E-state index contributed by atoms with van der Waals surface area (Å²) >= 11 is 1.16. The van der Waals surface area contributed by atoms with Gasteiger partial charge in [0.15, 0.2) is 0 Å². The average Bonchev–Trinajstić information content (AvgIpc) is 2.82. The Balaban J connectivity index is 2.29. The first kappa shape index (κ1) is 14.2. The zero-order chi connectivity index (χ0) is 14.1. The summed E-state index contributed by atoms with van der Waals surface area (Å²) in [6, 6.07) is 9.02. The molecule has 0 bridgehead atoms. The lowest BCUT2D eigenvalue weighted by atomic mass is 9.96. The normalized spacial score (nSPS) is 12.6. The number of benzene rings is 1. The van der Waals surface area contributed by atoms with Crippen LogP contribution in [-0.2, 0) is 15.6 Å². The van der Waals surface area contributed by atoms with E-state index >= 15 is 0 Å². The highest BCUT2D eigenvalue weighted by atomic mass is 32.2. The van der Waals surface area contributed by atoms with Crippen LogP contribution in [0.1, 0.15) is 19.4 Å². The van der Waals surface area contributed by atoms with E-state index < -0.39 is 15.6 Å². The van der Waals surface area contributed by atoms with E-state index in [1.807, 2.05) is 0 Å². The average molecular weight is 299 g/mol. The molecule has 6 heteroatoms. The van der Waals surface area contributed by atoms with Crippen molar-refractivity contribution in [3.8, 4) is 0 Å². The highest BCUT2D eigenvalue weighted by Gasteiger charge is 2.28. The van der Waals surface area contributed by atoms with Crippen LogP contribution in [0.2, 0.25) is 0 Å². The molecular weight excluding hydrogens is 285 g/mol. The molecule has 0 atom stereocenters. The van der Waals surface area contributed by atoms with Crippen LogP contribution in [0, 0.1) is 5.82 Å². The fourth-order valence-corrected chi connectivity index (χ4v) is 4.12. The van der Waals surface area contributed by atoms with E-state index in [0.29, 0.717) is 5.56 Å². The van der Waals surface area contributed by atoms with Gasteiger partial charge in [-0.2, -0.15) is 0 Å². The van der Waals surface area contributed by atoms with Crippen LogP contribution in [0.15, 0.2) is 46.0 Å². The van der Waals surface area contributed by atoms with Crippen molar-refractivity contribution in [2.45, 2.75) is 23.6 Å². The molecule has 1 aromatic heterocycles. The lowest BCUT2D eigenvalue weighted by Gasteiger charge is -2.26. The second kappa shape index (κ2) is 5.03. The maximum Gasteiger partial charge on any atom is 0.250 e. The smallest absolute Gasteiger partial charge is 0.207 e. The molecular formula is C13H14FNO2S2. The molecule has 1 N–H and O–H groups in total. The van der Waals surface area contributed by atoms with Crippen molar-refractivity contribution in [1.82, 2.24) is 4.72 Å². The van der Waals surface area contributed by atoms with Gasteiger partial charge < -0.3 is 0 Å². The van der Waals surface area contributed by atoms with Gasteiger partial charge in [0.25, 0.3) is 10.0 Å². The Bertz CT molecular complexity index is 646. The SMILES string of the molecule is CC(C)(NS(=O)(=O)c1cccs1)c1ccc(F)cc1. The number of hydrogen-bond donors (Lipinski definition) is 1. The van der Waals surface area contributed by atoms with E-state index in [-0.39, 0.29) is 10.0 Å². The summed E-state index contributed by atoms with van der Waals surface area (Å²) in [5.74, 6) is -0.347. The van der Waals surface area contributed by atoms with E-state index in [1.165, 1.54) is 12.1 Å². The molecule has 0 saturated heterocycles. The Labute approximate surface area is 116 Å². The Morgan fingerprint density at radius 3 is 2.32 bits per heavy atom. The van der Waals surface area contributed by atoms with Gasteiger partial charge in [-0.05, 0) is 43.0 Å². The minimum Gasteiger partial charge on any atom is -0.207 e. The maximum absolute atomic E-state index is 12.9. The monoisotopic (exact) mass is 299 g/mol. The summed E-state index contributed by atoms with van der Waals surface area (Å²) in [7, 11) is -3.56. The summed E-state index contributed by atoms with van der Waals surface area (Å²) in [5, 5.41) is 1.71. The molecule has 0 aliphatic carbocycles. The third-order valence-electron chi connectivity index (χ3n) is 2.72. The third kappa shape index (κ3) is 3.20. The lowest BCUT2D eigenvalue weighted by molar-refractivity contribution is 0.472. The minimum atomic E-state index is -3.56. The molecule has 0 aliphatic rings. The number of nitrogens with one attached hydrogen (secondary N) is 1. The van der Waals surface area contributed by atoms with E-state index in [2.05, 4.69) is 4.72 Å². The molecule has 1 heterocycles. The second-order valence-electron chi connectivity index (χ2n) is 4.67. The van der Waals surface area contributed by atoms with Crippen LogP contribution in [0.3, 0.4) is 0 Å². The van der Waals surface area contributed by atoms with E-state index in [1.54, 1.807) is 43.5 Å². The van der Waals surface area contributed by atoms with Crippen molar-refractivity contribution in [1.29, 1.82) is 0 Å². The highest BCUT2D eigenvalue weighted by Crippen LogP contribution is 2.25. The van der Waals surface area contributed by atoms with Gasteiger partial charge in [-0.1, -0.05) is 18.2 Å². The van der Waals surface area contributed by atoms with Crippen LogP contribution >= 0.6 is 11.3 Å². The molecule has 1 aromatic carbocycles. The standard InChI is InChI=1S/C13H14FNO2S2/c1-13(2,10-5-7-11(14)8-6-10)15-19(16,17)12-4-3-9-18-12/h3-9,15H,1-2H3. The van der Waals surface area contributed by atoms with E-state index in [4.69, 9.17) is 0 Å². The lowest BCUT2D eigenvalue weighted by Crippen LogP contribution is -2.40. The Kier molecular flexibility index (Phi) is 3.75. The molecule has 0 amide bonds. The first-order valence-corrected chi connectivity index (χ1v) is 8.01. The maximum atomic E-state index is 12.9. The van der Waals surface area contributed by atoms with Gasteiger partial charge in [0.1, 0.15) is 10.0 Å². The first-order valence-electron chi connectivity index (χ1n) is 5.65. The van der Waals surface area contributed by atoms with Crippen molar-refractivity contribution in [2.24, 2.45) is 0 Å². The fraction of sp³-hybridized carbons (Fsp3) is 0.231. The molecule has 3 nitrogen and oxygen atoms in total. The van der Waals surface area contributed by atoms with E-state index in [9.17, 15) is 12.8 Å². The predicted octanol–water partition coefficient (Wildman–Crippen LogP) is 3.10. The molecule has 0 unspecified atom stereocenters. The number of sulfonamides is 1. The summed E-state index contributed by atoms with van der Waals surface area (Å²) in [4.78, 5) is 0. The highest BCUT2D eigenvalue weighted by molar-refractivity contribution is 7.91. The Morgan fingerprint density at radius 1 is 1.16 bits per heavy atom. The zero-order valence-electron chi connectivity index (χ0n) is 10.6. The predicted molar refractivity (Wildman–Crippen MR) is 74.1 cm³/mol. The van der Waals surface area contributed by atoms with Gasteiger partial charge in [-0.25, -0.2) is 17.5 Å². The van der Waals surface area contributed by atoms with Crippen LogP contribution in [0.25, 0.3) is 0 Å². The molecule has 0 spiro atoms. The number of thiophene rings is 1. The van der Waals surface area contributed by atoms with Crippen LogP contribution in [0.5, 0.6) is 0 Å². The van der Waals surface area contributed by atoms with Crippen LogP contribution in [-0.4, -0.2) is 8.42 Å². The Morgan fingerprint density at radius 2 is 1.79 bits per heavy atom. The minimum absolute atomic E-state index is 0.266. The molecule has 2 aromatic rings. The van der Waals surface area contributed by atoms with Crippen molar-refractivity contribution >= 4 is 21.4 Å². The van der Waals surface area contributed by atoms with Crippen molar-refractivity contribution in [3.05, 3.63) is 53.2 Å². The quantitative estimate of drug-likeness (QED) is 0.943. The van der Waals surface area contributed by atoms with Crippen molar-refractivity contribution in [3.63, 3.8) is 0 Å². The van der Waals surface area contributed by atoms with Crippen LogP contribution in [0.4, 0.5) is 4.39 Å². The van der Waals surface area contributed by atoms with Gasteiger partial charge in [0, 0.05) is 0 Å². The number of hydrogen-bond acceptors (Lipinski definition) is 3. The molecule has 19 heavy (non-hydrogen) atoms. The molecule has 0 fully saturated rings. The first-order chi connectivity index (χ1) is 8.81. The van der Waals surface area contributed by atoms with Crippen molar-refractivity contribution in [2.75, 3.05) is 0 Å². The topological polar surface area (TPSA) is 46.2 Å². The third-order valence-corrected chi connectivity index (χ3v) is 5.77. The molecule has 0 radical (unpaired) electrons. The van der Waals surface area contributed by atoms with Gasteiger partial charge in [0.2, 0.25) is 0 Å². The number of halogens is 1. The fourth-order valence-electron chi connectivity index (χ4n) is 1.73. The second-order valence-corrected chi connectivity index (χ2v) is 7.53.